The Morgan fingerprint density at radius 1 is 1.42 bits per heavy atom. The quantitative estimate of drug-likeness (QED) is 0.435. The van der Waals surface area contributed by atoms with Crippen LogP contribution < -0.4 is 11.1 Å². The lowest BCUT2D eigenvalue weighted by Gasteiger charge is -2.24. The minimum atomic E-state index is -0.435. The van der Waals surface area contributed by atoms with Crippen molar-refractivity contribution in [3.05, 3.63) is 54.2 Å². The smallest absolute Gasteiger partial charge is 0.243 e. The van der Waals surface area contributed by atoms with E-state index in [2.05, 4.69) is 24.5 Å². The lowest BCUT2D eigenvalue weighted by molar-refractivity contribution is -0.136. The summed E-state index contributed by atoms with van der Waals surface area (Å²) < 4.78 is 0. The third-order valence-corrected chi connectivity index (χ3v) is 4.63. The van der Waals surface area contributed by atoms with Crippen molar-refractivity contribution in [3.8, 4) is 0 Å². The normalized spacial score (nSPS) is 19.0. The van der Waals surface area contributed by atoms with Gasteiger partial charge in [-0.05, 0) is 29.5 Å². The van der Waals surface area contributed by atoms with Crippen LogP contribution in [0.4, 0.5) is 0 Å². The van der Waals surface area contributed by atoms with Crippen molar-refractivity contribution in [2.24, 2.45) is 5.73 Å². The maximum atomic E-state index is 12.4. The van der Waals surface area contributed by atoms with Crippen LogP contribution in [0.15, 0.2) is 43.1 Å². The maximum absolute atomic E-state index is 12.4. The summed E-state index contributed by atoms with van der Waals surface area (Å²) in [5, 5.41) is 2.44. The molecule has 1 heterocycles. The van der Waals surface area contributed by atoms with Crippen LogP contribution in [0.25, 0.3) is 5.57 Å². The highest BCUT2D eigenvalue weighted by Crippen LogP contribution is 2.23. The average molecular weight is 345 g/mol. The van der Waals surface area contributed by atoms with Crippen molar-refractivity contribution in [1.29, 1.82) is 0 Å². The summed E-state index contributed by atoms with van der Waals surface area (Å²) in [5.41, 5.74) is 8.20. The van der Waals surface area contributed by atoms with E-state index in [-0.39, 0.29) is 11.8 Å². The van der Waals surface area contributed by atoms with Crippen LogP contribution in [-0.4, -0.2) is 29.3 Å². The van der Waals surface area contributed by atoms with Crippen molar-refractivity contribution in [1.82, 2.24) is 10.2 Å². The first-order chi connectivity index (χ1) is 11.5. The van der Waals surface area contributed by atoms with Gasteiger partial charge in [-0.2, -0.15) is 0 Å². The minimum Gasteiger partial charge on any atom is -0.404 e. The Kier molecular flexibility index (Phi) is 6.09. The molecular formula is C18H23N3O2S. The fraction of sp³-hybridized carbons (Fsp3) is 0.333. The highest BCUT2D eigenvalue weighted by atomic mass is 32.1. The van der Waals surface area contributed by atoms with E-state index in [1.165, 1.54) is 13.1 Å². The van der Waals surface area contributed by atoms with E-state index >= 15 is 0 Å². The number of carbonyl (C=O) groups is 2. The monoisotopic (exact) mass is 345 g/mol. The first-order valence-electron chi connectivity index (χ1n) is 7.88. The zero-order chi connectivity index (χ0) is 17.7. The molecule has 2 atom stereocenters. The van der Waals surface area contributed by atoms with Gasteiger partial charge in [-0.3, -0.25) is 9.59 Å². The molecule has 1 fully saturated rings. The number of carbonyl (C=O) groups excluding carboxylic acids is 2. The summed E-state index contributed by atoms with van der Waals surface area (Å²) in [5.74, 6) is -0.237. The molecule has 0 saturated carbocycles. The number of benzene rings is 1. The minimum absolute atomic E-state index is 0.0711. The first-order valence-corrected chi connectivity index (χ1v) is 8.40. The Morgan fingerprint density at radius 3 is 2.62 bits per heavy atom. The van der Waals surface area contributed by atoms with Crippen molar-refractivity contribution in [3.63, 3.8) is 0 Å². The number of nitrogens with one attached hydrogen (secondary N) is 1. The second-order valence-electron chi connectivity index (χ2n) is 5.73. The van der Waals surface area contributed by atoms with Crippen molar-refractivity contribution >= 4 is 30.0 Å². The first kappa shape index (κ1) is 18.1. The predicted octanol–water partition coefficient (Wildman–Crippen LogP) is 2.23. The van der Waals surface area contributed by atoms with E-state index < -0.39 is 11.4 Å². The van der Waals surface area contributed by atoms with Crippen LogP contribution in [0.2, 0.25) is 0 Å². The van der Waals surface area contributed by atoms with Gasteiger partial charge >= 0.3 is 0 Å². The van der Waals surface area contributed by atoms with Crippen LogP contribution in [0.1, 0.15) is 36.3 Å². The zero-order valence-corrected chi connectivity index (χ0v) is 14.6. The van der Waals surface area contributed by atoms with Crippen LogP contribution in [0, 0.1) is 0 Å². The van der Waals surface area contributed by atoms with Gasteiger partial charge in [-0.1, -0.05) is 36.9 Å². The molecule has 6 heteroatoms. The molecule has 1 saturated heterocycles. The van der Waals surface area contributed by atoms with Gasteiger partial charge < -0.3 is 16.0 Å². The van der Waals surface area contributed by atoms with Crippen molar-refractivity contribution < 1.29 is 9.59 Å². The van der Waals surface area contributed by atoms with E-state index in [1.54, 1.807) is 11.0 Å². The zero-order valence-electron chi connectivity index (χ0n) is 13.7. The van der Waals surface area contributed by atoms with Crippen LogP contribution in [0.5, 0.6) is 0 Å². The van der Waals surface area contributed by atoms with Crippen LogP contribution in [0.3, 0.4) is 0 Å². The molecule has 2 rings (SSSR count). The average Bonchev–Trinajstić information content (AvgIpc) is 3.06. The molecule has 128 valence electrons. The number of hydrogen-bond donors (Lipinski definition) is 3. The Labute approximate surface area is 148 Å². The number of rotatable bonds is 5. The SMILES string of the molecule is C=C/C(=C\N)c1ccc(C(S)NC(=O)C2CCCN2C(C)=O)cc1. The second kappa shape index (κ2) is 8.06. The summed E-state index contributed by atoms with van der Waals surface area (Å²) in [6.45, 7) is 5.84. The van der Waals surface area contributed by atoms with Gasteiger partial charge in [0.1, 0.15) is 6.04 Å². The number of nitrogens with zero attached hydrogens (tertiary/aromatic N) is 1. The molecule has 2 amide bonds. The maximum Gasteiger partial charge on any atom is 0.243 e. The van der Waals surface area contributed by atoms with Crippen molar-refractivity contribution in [2.75, 3.05) is 6.54 Å². The molecule has 0 radical (unpaired) electrons. The van der Waals surface area contributed by atoms with Crippen molar-refractivity contribution in [2.45, 2.75) is 31.2 Å². The van der Waals surface area contributed by atoms with Crippen LogP contribution >= 0.6 is 12.6 Å². The van der Waals surface area contributed by atoms with Gasteiger partial charge in [0, 0.05) is 19.7 Å². The second-order valence-corrected chi connectivity index (χ2v) is 6.25. The number of thiol groups is 1. The fourth-order valence-corrected chi connectivity index (χ4v) is 3.17. The van der Waals surface area contributed by atoms with E-state index in [9.17, 15) is 9.59 Å². The van der Waals surface area contributed by atoms with Gasteiger partial charge in [0.2, 0.25) is 11.8 Å². The topological polar surface area (TPSA) is 75.4 Å². The molecule has 0 aromatic heterocycles. The molecule has 1 aromatic carbocycles. The Bertz CT molecular complexity index is 655. The molecule has 24 heavy (non-hydrogen) atoms. The van der Waals surface area contributed by atoms with Gasteiger partial charge in [-0.15, -0.1) is 12.6 Å². The Hall–Kier alpha value is -2.21. The standard InChI is InChI=1S/C18H23N3O2S/c1-3-13(11-19)14-6-8-15(9-7-14)18(24)20-17(23)16-5-4-10-21(16)12(2)22/h3,6-9,11,16,18,24H,1,4-5,10,19H2,2H3,(H,20,23)/b13-11+. The van der Waals surface area contributed by atoms with E-state index in [0.717, 1.165) is 23.1 Å². The van der Waals surface area contributed by atoms with Crippen LogP contribution in [-0.2, 0) is 9.59 Å². The Morgan fingerprint density at radius 2 is 2.08 bits per heavy atom. The Balaban J connectivity index is 2.04. The van der Waals surface area contributed by atoms with E-state index in [1.807, 2.05) is 24.3 Å². The van der Waals surface area contributed by atoms with E-state index in [4.69, 9.17) is 5.73 Å². The molecule has 0 aliphatic carbocycles. The summed E-state index contributed by atoms with van der Waals surface area (Å²) in [4.78, 5) is 25.6. The fourth-order valence-electron chi connectivity index (χ4n) is 2.87. The molecular weight excluding hydrogens is 322 g/mol. The molecule has 0 bridgehead atoms. The molecule has 2 unspecified atom stereocenters. The third-order valence-electron chi connectivity index (χ3n) is 4.20. The molecule has 0 spiro atoms. The highest BCUT2D eigenvalue weighted by Gasteiger charge is 2.32. The molecule has 5 nitrogen and oxygen atoms in total. The van der Waals surface area contributed by atoms with Gasteiger partial charge in [0.25, 0.3) is 0 Å². The van der Waals surface area contributed by atoms with Gasteiger partial charge in [0.15, 0.2) is 0 Å². The molecule has 1 aliphatic heterocycles. The molecule has 1 aromatic rings. The number of amides is 2. The lowest BCUT2D eigenvalue weighted by atomic mass is 10.0. The summed E-state index contributed by atoms with van der Waals surface area (Å²) in [7, 11) is 0. The predicted molar refractivity (Wildman–Crippen MR) is 99.1 cm³/mol. The number of allylic oxidation sites excluding steroid dienone is 2. The number of likely N-dealkylation sites (tertiary alicyclic amines) is 1. The van der Waals surface area contributed by atoms with Gasteiger partial charge in [0.05, 0.1) is 5.37 Å². The summed E-state index contributed by atoms with van der Waals surface area (Å²) in [6.07, 6.45) is 4.72. The highest BCUT2D eigenvalue weighted by molar-refractivity contribution is 7.80. The summed E-state index contributed by atoms with van der Waals surface area (Å²) >= 11 is 4.47. The summed E-state index contributed by atoms with van der Waals surface area (Å²) in [6, 6.07) is 7.18. The van der Waals surface area contributed by atoms with E-state index in [0.29, 0.717) is 13.0 Å². The third kappa shape index (κ3) is 4.00. The molecule has 3 N–H and O–H groups in total. The molecule has 1 aliphatic rings. The van der Waals surface area contributed by atoms with Gasteiger partial charge in [-0.25, -0.2) is 0 Å². The number of hydrogen-bond acceptors (Lipinski definition) is 4. The lowest BCUT2D eigenvalue weighted by Crippen LogP contribution is -2.45. The number of nitrogens with two attached hydrogens (primary N) is 1. The largest absolute Gasteiger partial charge is 0.404 e.